The Bertz CT molecular complexity index is 3870. The molecule has 824 valence electrons. The number of nitrogens with one attached hydrogen (secondary N) is 9. The molecule has 3 aliphatic rings. The van der Waals surface area contributed by atoms with Crippen LogP contribution in [0.3, 0.4) is 0 Å². The number of ether oxygens (including phenoxy) is 9. The summed E-state index contributed by atoms with van der Waals surface area (Å²) in [5.74, 6) is -2.56. The standard InChI is InChI=1S/C105H197N9O27/c1-63(118)109-73-79(127)76(124)67(43-115)138-82(73)133-60-94(16,17)48-88(4,5)40-70(121)106-57-91(10,11)51-100(28,29)112-85(130)97(22,23)54-103(34,35)136-46-66(141-105(38,39)56-99(26,27)87(132)114-102(32,33)53-93(14,15)59-108-72(123)42-90(8,9)50-96(20,21)62-135-84-75(111-65(3)120)81(129)78(126)69(45-117)140-84)47-137-104(36,37)55-98(24,25)86(131)113-101(30,31)52-92(12,13)58-107-71(122)41-89(6,7)49-95(18,19)61-134-83-74(110-64(2)119)80(128)77(125)68(44-116)139-83/h66-69,73-84,115-117,124-129H,40-62H2,1-39H3,(H,106,121)(H,107,122)(H,108,123)(H,109,118)(H,110,119)(H,111,120)(H,112,130)(H,113,131)(H,114,132). The molecule has 0 saturated carbocycles. The van der Waals surface area contributed by atoms with Crippen molar-refractivity contribution >= 4 is 53.2 Å². The van der Waals surface area contributed by atoms with Crippen molar-refractivity contribution in [3.05, 3.63) is 0 Å². The molecule has 36 heteroatoms. The van der Waals surface area contributed by atoms with E-state index in [1.807, 2.05) is 249 Å². The molecule has 3 saturated heterocycles. The molecule has 9 amide bonds. The van der Waals surface area contributed by atoms with Crippen molar-refractivity contribution < 1.29 is 132 Å². The number of hydrogen-bond acceptors (Lipinski definition) is 27. The lowest BCUT2D eigenvalue weighted by atomic mass is 9.73. The van der Waals surface area contributed by atoms with E-state index < -0.39 is 234 Å². The predicted molar refractivity (Wildman–Crippen MR) is 539 cm³/mol. The Kier molecular flexibility index (Phi) is 46.2. The summed E-state index contributed by atoms with van der Waals surface area (Å²) in [6, 6.07) is -3.30. The predicted octanol–water partition coefficient (Wildman–Crippen LogP) is 8.65. The maximum absolute atomic E-state index is 14.9. The first-order chi connectivity index (χ1) is 63.3. The topological polar surface area (TPSA) is 527 Å². The van der Waals surface area contributed by atoms with E-state index in [-0.39, 0.29) is 107 Å². The van der Waals surface area contributed by atoms with Crippen LogP contribution in [0.2, 0.25) is 0 Å². The first kappa shape index (κ1) is 130. The fraction of sp³-hybridized carbons (Fsp3) is 0.914. The maximum atomic E-state index is 14.9. The Morgan fingerprint density at radius 1 is 0.291 bits per heavy atom. The molecule has 15 atom stereocenters. The van der Waals surface area contributed by atoms with Gasteiger partial charge in [-0.2, -0.15) is 0 Å². The molecular formula is C105H197N9O27. The van der Waals surface area contributed by atoms with Gasteiger partial charge < -0.3 is 136 Å². The quantitative estimate of drug-likeness (QED) is 0.0271. The second kappa shape index (κ2) is 50.2. The molecule has 141 heavy (non-hydrogen) atoms. The van der Waals surface area contributed by atoms with E-state index in [1.54, 1.807) is 0 Å². The van der Waals surface area contributed by atoms with Crippen LogP contribution in [-0.4, -0.2) is 303 Å². The van der Waals surface area contributed by atoms with Gasteiger partial charge in [-0.05, 0) is 190 Å². The highest BCUT2D eigenvalue weighted by Crippen LogP contribution is 2.45. The molecule has 0 aromatic rings. The van der Waals surface area contributed by atoms with Gasteiger partial charge in [-0.1, -0.05) is 166 Å². The van der Waals surface area contributed by atoms with E-state index in [1.165, 1.54) is 20.8 Å². The smallest absolute Gasteiger partial charge is 0.226 e. The van der Waals surface area contributed by atoms with Gasteiger partial charge in [-0.25, -0.2) is 0 Å². The average molecular weight is 2020 g/mol. The molecule has 0 radical (unpaired) electrons. The van der Waals surface area contributed by atoms with E-state index >= 15 is 0 Å². The number of hydrogen-bond donors (Lipinski definition) is 18. The van der Waals surface area contributed by atoms with Gasteiger partial charge in [0.2, 0.25) is 53.2 Å². The lowest BCUT2D eigenvalue weighted by Gasteiger charge is -2.43. The molecule has 18 N–H and O–H groups in total. The summed E-state index contributed by atoms with van der Waals surface area (Å²) in [7, 11) is 0. The zero-order chi connectivity index (χ0) is 109. The van der Waals surface area contributed by atoms with Gasteiger partial charge in [0.05, 0.1) is 69.7 Å². The molecular weight excluding hydrogens is 1820 g/mol. The van der Waals surface area contributed by atoms with Crippen LogP contribution in [0.25, 0.3) is 0 Å². The average Bonchev–Trinajstić information content (AvgIpc) is 0.798. The van der Waals surface area contributed by atoms with Gasteiger partial charge in [0, 0.05) is 92.5 Å². The summed E-state index contributed by atoms with van der Waals surface area (Å²) >= 11 is 0. The molecule has 0 spiro atoms. The van der Waals surface area contributed by atoms with Gasteiger partial charge in [-0.15, -0.1) is 0 Å². The molecule has 0 aromatic heterocycles. The molecule has 3 aliphatic heterocycles. The SMILES string of the molecule is CC(=O)NC1C(OCC(C)(C)CC(C)(C)CC(=O)NCC(C)(C)CC(C)(C)NC(=O)C(C)(C)CC(C)(C)OCC(COC(C)(C)CC(C)(C)C(=O)NC(C)(C)CC(C)(C)CNC(=O)CC(C)(C)CC(C)(C)COC2OC(CO)C(O)C(O)C2NC(C)=O)OC(C)(C)CC(C)(C)C(=O)NC(C)(C)CC(C)(C)CNC(=O)CC(C)(C)CC(C)(C)COC2OC(CO)C(O)C(O)C2NC(C)=O)OC(CO)C(O)C1O. The zero-order valence-electron chi connectivity index (χ0n) is 93.9. The normalized spacial score (nSPS) is 23.8. The van der Waals surface area contributed by atoms with Crippen LogP contribution in [0.15, 0.2) is 0 Å². The molecule has 0 aliphatic carbocycles. The van der Waals surface area contributed by atoms with Gasteiger partial charge in [0.25, 0.3) is 0 Å². The molecule has 3 heterocycles. The molecule has 3 fully saturated rings. The third-order valence-electron chi connectivity index (χ3n) is 26.1. The number of amides is 9. The number of rotatable bonds is 59. The second-order valence-corrected chi connectivity index (χ2v) is 54.5. The highest BCUT2D eigenvalue weighted by molar-refractivity contribution is 5.84. The van der Waals surface area contributed by atoms with E-state index in [2.05, 4.69) is 47.9 Å². The molecule has 0 bridgehead atoms. The highest BCUT2D eigenvalue weighted by Gasteiger charge is 2.53. The van der Waals surface area contributed by atoms with Crippen LogP contribution in [0.1, 0.15) is 347 Å². The Hall–Kier alpha value is -5.49. The fourth-order valence-electron chi connectivity index (χ4n) is 22.6. The van der Waals surface area contributed by atoms with Crippen LogP contribution >= 0.6 is 0 Å². The monoisotopic (exact) mass is 2020 g/mol. The Balaban J connectivity index is 1.83. The van der Waals surface area contributed by atoms with Crippen LogP contribution < -0.4 is 47.9 Å². The maximum Gasteiger partial charge on any atom is 0.226 e. The van der Waals surface area contributed by atoms with Crippen molar-refractivity contribution in [3.63, 3.8) is 0 Å². The number of carbonyl (C=O) groups is 9. The van der Waals surface area contributed by atoms with Crippen molar-refractivity contribution in [3.8, 4) is 0 Å². The summed E-state index contributed by atoms with van der Waals surface area (Å²) in [5.41, 5.74) is -13.0. The van der Waals surface area contributed by atoms with E-state index in [0.29, 0.717) is 58.2 Å². The minimum atomic E-state index is -1.46. The summed E-state index contributed by atoms with van der Waals surface area (Å²) < 4.78 is 56.8. The number of aliphatic hydroxyl groups is 9. The Morgan fingerprint density at radius 3 is 0.723 bits per heavy atom. The van der Waals surface area contributed by atoms with E-state index in [9.17, 15) is 89.1 Å². The Morgan fingerprint density at radius 2 is 0.511 bits per heavy atom. The first-order valence-electron chi connectivity index (χ1n) is 50.6. The summed E-state index contributed by atoms with van der Waals surface area (Å²) in [6.45, 7) is 73.6. The van der Waals surface area contributed by atoms with Gasteiger partial charge >= 0.3 is 0 Å². The summed E-state index contributed by atoms with van der Waals surface area (Å²) in [6.07, 6.45) is -12.2. The number of aliphatic hydroxyl groups excluding tert-OH is 9. The van der Waals surface area contributed by atoms with Crippen molar-refractivity contribution in [2.75, 3.05) is 72.5 Å². The van der Waals surface area contributed by atoms with E-state index in [0.717, 1.165) is 0 Å². The summed E-state index contributed by atoms with van der Waals surface area (Å²) in [5, 5.41) is 121. The van der Waals surface area contributed by atoms with Gasteiger partial charge in [0.1, 0.15) is 79.2 Å². The van der Waals surface area contributed by atoms with Crippen LogP contribution in [0, 0.1) is 65.0 Å². The lowest BCUT2D eigenvalue weighted by molar-refractivity contribution is -0.276. The van der Waals surface area contributed by atoms with Crippen molar-refractivity contribution in [1.82, 2.24) is 47.9 Å². The minimum Gasteiger partial charge on any atom is -0.394 e. The van der Waals surface area contributed by atoms with Crippen LogP contribution in [-0.2, 0) is 85.8 Å². The van der Waals surface area contributed by atoms with Crippen molar-refractivity contribution in [2.45, 2.75) is 479 Å². The van der Waals surface area contributed by atoms with Crippen LogP contribution in [0.4, 0.5) is 0 Å². The van der Waals surface area contributed by atoms with E-state index in [4.69, 9.17) is 42.6 Å². The first-order valence-corrected chi connectivity index (χ1v) is 50.6. The van der Waals surface area contributed by atoms with Crippen molar-refractivity contribution in [1.29, 1.82) is 0 Å². The highest BCUT2D eigenvalue weighted by atomic mass is 16.7. The Labute approximate surface area is 844 Å². The molecule has 3 rings (SSSR count). The van der Waals surface area contributed by atoms with Gasteiger partial charge in [0.15, 0.2) is 18.9 Å². The zero-order valence-corrected chi connectivity index (χ0v) is 93.9. The largest absolute Gasteiger partial charge is 0.394 e. The fourth-order valence-corrected chi connectivity index (χ4v) is 22.6. The molecule has 36 nitrogen and oxygen atoms in total. The van der Waals surface area contributed by atoms with Crippen LogP contribution in [0.5, 0.6) is 0 Å². The summed E-state index contributed by atoms with van der Waals surface area (Å²) in [4.78, 5) is 122. The third-order valence-corrected chi connectivity index (χ3v) is 26.1. The third kappa shape index (κ3) is 45.6. The molecule has 0 aromatic carbocycles. The second-order valence-electron chi connectivity index (χ2n) is 54.5. The lowest BCUT2D eigenvalue weighted by Crippen LogP contribution is -2.64. The van der Waals surface area contributed by atoms with Gasteiger partial charge in [-0.3, -0.25) is 43.2 Å². The molecule has 15 unspecified atom stereocenters. The minimum absolute atomic E-state index is 0.0182. The number of carbonyl (C=O) groups excluding carboxylic acids is 9. The van der Waals surface area contributed by atoms with Crippen molar-refractivity contribution in [2.24, 2.45) is 65.0 Å².